The van der Waals surface area contributed by atoms with Crippen molar-refractivity contribution < 1.29 is 8.42 Å². The smallest absolute Gasteiger partial charge is 0.243 e. The van der Waals surface area contributed by atoms with Gasteiger partial charge in [-0.3, -0.25) is 0 Å². The summed E-state index contributed by atoms with van der Waals surface area (Å²) in [7, 11) is -3.44. The summed E-state index contributed by atoms with van der Waals surface area (Å²) in [5.41, 5.74) is 7.16. The van der Waals surface area contributed by atoms with Gasteiger partial charge in [0.15, 0.2) is 0 Å². The minimum absolute atomic E-state index is 0.110. The number of benzene rings is 1. The maximum absolute atomic E-state index is 12.9. The van der Waals surface area contributed by atoms with E-state index in [1.165, 1.54) is 0 Å². The first-order valence-corrected chi connectivity index (χ1v) is 9.15. The Morgan fingerprint density at radius 1 is 1.43 bits per heavy atom. The lowest BCUT2D eigenvalue weighted by molar-refractivity contribution is 0.246. The summed E-state index contributed by atoms with van der Waals surface area (Å²) < 4.78 is 27.4. The lowest BCUT2D eigenvalue weighted by Crippen LogP contribution is -2.43. The Balaban J connectivity index is 2.39. The van der Waals surface area contributed by atoms with Crippen LogP contribution in [0.2, 0.25) is 0 Å². The highest BCUT2D eigenvalue weighted by atomic mass is 32.2. The molecule has 1 unspecified atom stereocenters. The largest absolute Gasteiger partial charge is 0.389 e. The standard InChI is InChI=1S/C15H22N2O2S2/c1-3-12-6-4-5-9-17(12)21(18,19)13-7-8-14(15(16)20)11(2)10-13/h7-8,10,12H,3-6,9H2,1-2H3,(H2,16,20). The van der Waals surface area contributed by atoms with E-state index < -0.39 is 10.0 Å². The highest BCUT2D eigenvalue weighted by Crippen LogP contribution is 2.27. The van der Waals surface area contributed by atoms with Gasteiger partial charge in [-0.15, -0.1) is 0 Å². The van der Waals surface area contributed by atoms with Gasteiger partial charge in [0.05, 0.1) is 4.90 Å². The molecular weight excluding hydrogens is 304 g/mol. The first-order valence-electron chi connectivity index (χ1n) is 7.30. The van der Waals surface area contributed by atoms with Crippen molar-refractivity contribution in [2.75, 3.05) is 6.54 Å². The van der Waals surface area contributed by atoms with E-state index in [9.17, 15) is 8.42 Å². The second-order valence-corrected chi connectivity index (χ2v) is 7.84. The van der Waals surface area contributed by atoms with Crippen LogP contribution in [-0.2, 0) is 10.0 Å². The molecule has 0 amide bonds. The summed E-state index contributed by atoms with van der Waals surface area (Å²) in [6.07, 6.45) is 3.83. The zero-order chi connectivity index (χ0) is 15.6. The highest BCUT2D eigenvalue weighted by Gasteiger charge is 2.32. The van der Waals surface area contributed by atoms with Gasteiger partial charge in [-0.25, -0.2) is 8.42 Å². The maximum Gasteiger partial charge on any atom is 0.243 e. The molecule has 1 aliphatic rings. The number of nitrogens with two attached hydrogens (primary N) is 1. The van der Waals surface area contributed by atoms with E-state index >= 15 is 0 Å². The molecule has 1 aromatic rings. The average Bonchev–Trinajstić information content (AvgIpc) is 2.46. The molecule has 2 rings (SSSR count). The van der Waals surface area contributed by atoms with Crippen LogP contribution in [-0.4, -0.2) is 30.3 Å². The van der Waals surface area contributed by atoms with Crippen LogP contribution >= 0.6 is 12.2 Å². The number of nitrogens with zero attached hydrogens (tertiary/aromatic N) is 1. The van der Waals surface area contributed by atoms with E-state index in [1.807, 2.05) is 13.8 Å². The van der Waals surface area contributed by atoms with Crippen molar-refractivity contribution in [3.63, 3.8) is 0 Å². The highest BCUT2D eigenvalue weighted by molar-refractivity contribution is 7.89. The van der Waals surface area contributed by atoms with Crippen molar-refractivity contribution in [1.82, 2.24) is 4.31 Å². The fraction of sp³-hybridized carbons (Fsp3) is 0.533. The lowest BCUT2D eigenvalue weighted by atomic mass is 10.0. The summed E-state index contributed by atoms with van der Waals surface area (Å²) in [5, 5.41) is 0. The summed E-state index contributed by atoms with van der Waals surface area (Å²) in [6, 6.07) is 5.10. The molecule has 116 valence electrons. The van der Waals surface area contributed by atoms with E-state index in [1.54, 1.807) is 22.5 Å². The molecule has 1 fully saturated rings. The number of rotatable bonds is 4. The van der Waals surface area contributed by atoms with Crippen LogP contribution in [0.15, 0.2) is 23.1 Å². The predicted molar refractivity (Wildman–Crippen MR) is 88.9 cm³/mol. The Labute approximate surface area is 132 Å². The molecule has 21 heavy (non-hydrogen) atoms. The van der Waals surface area contributed by atoms with E-state index in [4.69, 9.17) is 18.0 Å². The molecule has 1 saturated heterocycles. The molecule has 6 heteroatoms. The molecule has 1 atom stereocenters. The first-order chi connectivity index (χ1) is 9.87. The van der Waals surface area contributed by atoms with Crippen molar-refractivity contribution in [2.24, 2.45) is 5.73 Å². The van der Waals surface area contributed by atoms with Crippen LogP contribution < -0.4 is 5.73 Å². The molecule has 4 nitrogen and oxygen atoms in total. The first kappa shape index (κ1) is 16.4. The Morgan fingerprint density at radius 2 is 2.14 bits per heavy atom. The van der Waals surface area contributed by atoms with Crippen LogP contribution in [0.25, 0.3) is 0 Å². The Hall–Kier alpha value is -0.980. The van der Waals surface area contributed by atoms with Crippen molar-refractivity contribution >= 4 is 27.2 Å². The predicted octanol–water partition coefficient (Wildman–Crippen LogP) is 2.58. The zero-order valence-electron chi connectivity index (χ0n) is 12.5. The van der Waals surface area contributed by atoms with Crippen LogP contribution in [0.5, 0.6) is 0 Å². The van der Waals surface area contributed by atoms with Crippen molar-refractivity contribution in [1.29, 1.82) is 0 Å². The molecular formula is C15H22N2O2S2. The maximum atomic E-state index is 12.9. The van der Waals surface area contributed by atoms with E-state index in [-0.39, 0.29) is 6.04 Å². The fourth-order valence-electron chi connectivity index (χ4n) is 2.91. The zero-order valence-corrected chi connectivity index (χ0v) is 14.1. The third kappa shape index (κ3) is 3.27. The number of hydrogen-bond acceptors (Lipinski definition) is 3. The van der Waals surface area contributed by atoms with Gasteiger partial charge < -0.3 is 5.73 Å². The molecule has 1 aliphatic heterocycles. The summed E-state index contributed by atoms with van der Waals surface area (Å²) >= 11 is 4.97. The van der Waals surface area contributed by atoms with Crippen LogP contribution in [0.3, 0.4) is 0 Å². The average molecular weight is 326 g/mol. The molecule has 0 bridgehead atoms. The number of piperidine rings is 1. The molecule has 1 aromatic carbocycles. The monoisotopic (exact) mass is 326 g/mol. The SMILES string of the molecule is CCC1CCCCN1S(=O)(=O)c1ccc(C(N)=S)c(C)c1. The van der Waals surface area contributed by atoms with Gasteiger partial charge in [-0.2, -0.15) is 4.31 Å². The van der Waals surface area contributed by atoms with E-state index in [0.29, 0.717) is 16.4 Å². The fourth-order valence-corrected chi connectivity index (χ4v) is 4.99. The van der Waals surface area contributed by atoms with E-state index in [0.717, 1.165) is 36.8 Å². The van der Waals surface area contributed by atoms with Crippen LogP contribution in [0, 0.1) is 6.92 Å². The van der Waals surface area contributed by atoms with Crippen molar-refractivity contribution in [2.45, 2.75) is 50.5 Å². The summed E-state index contributed by atoms with van der Waals surface area (Å²) in [6.45, 7) is 4.48. The third-order valence-corrected chi connectivity index (χ3v) is 6.28. The van der Waals surface area contributed by atoms with Gasteiger partial charge in [0.1, 0.15) is 4.99 Å². The molecule has 0 aromatic heterocycles. The summed E-state index contributed by atoms with van der Waals surface area (Å²) in [4.78, 5) is 0.626. The minimum Gasteiger partial charge on any atom is -0.389 e. The Morgan fingerprint density at radius 3 is 2.71 bits per heavy atom. The molecule has 1 heterocycles. The third-order valence-electron chi connectivity index (χ3n) is 4.11. The number of hydrogen-bond donors (Lipinski definition) is 1. The molecule has 0 radical (unpaired) electrons. The molecule has 0 spiro atoms. The quantitative estimate of drug-likeness (QED) is 0.864. The minimum atomic E-state index is -3.44. The van der Waals surface area contributed by atoms with Crippen LogP contribution in [0.1, 0.15) is 43.7 Å². The number of thiocarbonyl (C=S) groups is 1. The number of sulfonamides is 1. The number of aryl methyl sites for hydroxylation is 1. The van der Waals surface area contributed by atoms with Gasteiger partial charge in [-0.1, -0.05) is 31.6 Å². The molecule has 0 saturated carbocycles. The van der Waals surface area contributed by atoms with Crippen molar-refractivity contribution in [3.05, 3.63) is 29.3 Å². The normalized spacial score (nSPS) is 20.4. The van der Waals surface area contributed by atoms with Gasteiger partial charge in [0.2, 0.25) is 10.0 Å². The second kappa shape index (κ2) is 6.42. The second-order valence-electron chi connectivity index (χ2n) is 5.51. The Bertz CT molecular complexity index is 641. The molecule has 0 aliphatic carbocycles. The van der Waals surface area contributed by atoms with E-state index in [2.05, 4.69) is 0 Å². The van der Waals surface area contributed by atoms with Gasteiger partial charge in [0.25, 0.3) is 0 Å². The van der Waals surface area contributed by atoms with Gasteiger partial charge >= 0.3 is 0 Å². The molecule has 2 N–H and O–H groups in total. The van der Waals surface area contributed by atoms with Crippen molar-refractivity contribution in [3.8, 4) is 0 Å². The summed E-state index contributed by atoms with van der Waals surface area (Å²) in [5.74, 6) is 0. The van der Waals surface area contributed by atoms with Crippen LogP contribution in [0.4, 0.5) is 0 Å². The van der Waals surface area contributed by atoms with Gasteiger partial charge in [-0.05, 0) is 43.9 Å². The lowest BCUT2D eigenvalue weighted by Gasteiger charge is -2.34. The topological polar surface area (TPSA) is 63.4 Å². The van der Waals surface area contributed by atoms with Gasteiger partial charge in [0, 0.05) is 18.2 Å². The Kier molecular flexibility index (Phi) is 5.01.